The van der Waals surface area contributed by atoms with Crippen molar-refractivity contribution in [2.75, 3.05) is 40.3 Å². The predicted octanol–water partition coefficient (Wildman–Crippen LogP) is 1.03. The summed E-state index contributed by atoms with van der Waals surface area (Å²) in [6.07, 6.45) is 4.45. The van der Waals surface area contributed by atoms with E-state index in [4.69, 9.17) is 0 Å². The third kappa shape index (κ3) is 0.861. The standard InChI is InChI=1S/C11H20N2/c1-12-6-5-10-3-4-11(10,8-12)9-13(2)7-10/h3-9H2,1-2H3. The Hall–Kier alpha value is -0.0800. The van der Waals surface area contributed by atoms with Crippen LogP contribution in [0.3, 0.4) is 0 Å². The molecule has 1 aliphatic carbocycles. The van der Waals surface area contributed by atoms with Crippen molar-refractivity contribution < 1.29 is 0 Å². The second kappa shape index (κ2) is 2.29. The molecule has 0 N–H and O–H groups in total. The summed E-state index contributed by atoms with van der Waals surface area (Å²) in [6.45, 7) is 5.42. The molecule has 0 aromatic heterocycles. The van der Waals surface area contributed by atoms with Crippen LogP contribution in [-0.4, -0.2) is 50.1 Å². The lowest BCUT2D eigenvalue weighted by molar-refractivity contribution is -0.0948. The molecule has 1 saturated carbocycles. The zero-order valence-corrected chi connectivity index (χ0v) is 8.84. The molecule has 2 atom stereocenters. The van der Waals surface area contributed by atoms with Crippen LogP contribution in [0.5, 0.6) is 0 Å². The van der Waals surface area contributed by atoms with E-state index in [0.717, 1.165) is 5.41 Å². The van der Waals surface area contributed by atoms with E-state index in [-0.39, 0.29) is 0 Å². The topological polar surface area (TPSA) is 6.48 Å². The normalized spacial score (nSPS) is 51.2. The predicted molar refractivity (Wildman–Crippen MR) is 53.7 cm³/mol. The minimum Gasteiger partial charge on any atom is -0.306 e. The number of nitrogens with zero attached hydrogens (tertiary/aromatic N) is 2. The van der Waals surface area contributed by atoms with Crippen LogP contribution in [0.2, 0.25) is 0 Å². The lowest BCUT2D eigenvalue weighted by Gasteiger charge is -2.60. The first-order chi connectivity index (χ1) is 6.16. The molecule has 2 unspecified atom stereocenters. The van der Waals surface area contributed by atoms with Gasteiger partial charge >= 0.3 is 0 Å². The minimum absolute atomic E-state index is 0.703. The highest BCUT2D eigenvalue weighted by Crippen LogP contribution is 2.64. The summed E-state index contributed by atoms with van der Waals surface area (Å²) in [7, 11) is 4.59. The SMILES string of the molecule is CN1CCC23CCC2(C1)CN(C)C3. The van der Waals surface area contributed by atoms with E-state index in [2.05, 4.69) is 23.9 Å². The first-order valence-corrected chi connectivity index (χ1v) is 5.53. The average Bonchev–Trinajstić information content (AvgIpc) is 2.26. The van der Waals surface area contributed by atoms with Crippen LogP contribution in [0, 0.1) is 10.8 Å². The van der Waals surface area contributed by atoms with Crippen molar-refractivity contribution >= 4 is 0 Å². The van der Waals surface area contributed by atoms with Crippen LogP contribution in [0.15, 0.2) is 0 Å². The van der Waals surface area contributed by atoms with E-state index in [9.17, 15) is 0 Å². The fourth-order valence-corrected chi connectivity index (χ4v) is 4.18. The molecule has 2 heteroatoms. The van der Waals surface area contributed by atoms with Crippen molar-refractivity contribution in [2.45, 2.75) is 19.3 Å². The lowest BCUT2D eigenvalue weighted by atomic mass is 9.48. The van der Waals surface area contributed by atoms with Crippen molar-refractivity contribution in [1.82, 2.24) is 9.80 Å². The maximum atomic E-state index is 2.56. The van der Waals surface area contributed by atoms with Gasteiger partial charge in [-0.2, -0.15) is 0 Å². The highest BCUT2D eigenvalue weighted by Gasteiger charge is 2.64. The molecule has 0 bridgehead atoms. The van der Waals surface area contributed by atoms with Gasteiger partial charge in [-0.05, 0) is 45.3 Å². The first-order valence-electron chi connectivity index (χ1n) is 5.53. The highest BCUT2D eigenvalue weighted by molar-refractivity contribution is 5.16. The third-order valence-corrected chi connectivity index (χ3v) is 4.90. The summed E-state index contributed by atoms with van der Waals surface area (Å²) < 4.78 is 0. The van der Waals surface area contributed by atoms with E-state index >= 15 is 0 Å². The summed E-state index contributed by atoms with van der Waals surface area (Å²) in [4.78, 5) is 5.10. The second-order valence-electron chi connectivity index (χ2n) is 5.72. The number of piperidine rings is 1. The number of likely N-dealkylation sites (tertiary alicyclic amines) is 2. The first kappa shape index (κ1) is 8.25. The highest BCUT2D eigenvalue weighted by atomic mass is 15.2. The van der Waals surface area contributed by atoms with Gasteiger partial charge < -0.3 is 9.80 Å². The largest absolute Gasteiger partial charge is 0.306 e. The van der Waals surface area contributed by atoms with Gasteiger partial charge in [-0.3, -0.25) is 0 Å². The smallest absolute Gasteiger partial charge is 0.00533 e. The van der Waals surface area contributed by atoms with Crippen LogP contribution in [0.4, 0.5) is 0 Å². The molecule has 3 aliphatic rings. The molecular formula is C11H20N2. The Labute approximate surface area is 80.9 Å². The van der Waals surface area contributed by atoms with E-state index in [0.29, 0.717) is 5.41 Å². The molecule has 0 spiro atoms. The molecule has 0 aromatic rings. The molecule has 3 rings (SSSR count). The van der Waals surface area contributed by atoms with Crippen molar-refractivity contribution in [3.8, 4) is 0 Å². The van der Waals surface area contributed by atoms with Crippen molar-refractivity contribution in [3.63, 3.8) is 0 Å². The minimum atomic E-state index is 0.703. The molecule has 2 saturated heterocycles. The Kier molecular flexibility index (Phi) is 1.45. The van der Waals surface area contributed by atoms with Crippen molar-refractivity contribution in [1.29, 1.82) is 0 Å². The monoisotopic (exact) mass is 180 g/mol. The molecule has 0 aromatic carbocycles. The Morgan fingerprint density at radius 2 is 1.38 bits per heavy atom. The van der Waals surface area contributed by atoms with Crippen LogP contribution in [0.25, 0.3) is 0 Å². The molecule has 3 fully saturated rings. The Morgan fingerprint density at radius 1 is 0.769 bits per heavy atom. The van der Waals surface area contributed by atoms with E-state index in [1.807, 2.05) is 0 Å². The van der Waals surface area contributed by atoms with Crippen LogP contribution < -0.4 is 0 Å². The lowest BCUT2D eigenvalue weighted by Crippen LogP contribution is -2.60. The quantitative estimate of drug-likeness (QED) is 0.549. The summed E-state index contributed by atoms with van der Waals surface area (Å²) in [6, 6.07) is 0. The summed E-state index contributed by atoms with van der Waals surface area (Å²) in [5, 5.41) is 0. The van der Waals surface area contributed by atoms with Crippen LogP contribution in [0.1, 0.15) is 19.3 Å². The zero-order valence-electron chi connectivity index (χ0n) is 8.84. The van der Waals surface area contributed by atoms with Gasteiger partial charge in [0.15, 0.2) is 0 Å². The van der Waals surface area contributed by atoms with Crippen LogP contribution >= 0.6 is 0 Å². The van der Waals surface area contributed by atoms with Gasteiger partial charge in [0.2, 0.25) is 0 Å². The van der Waals surface area contributed by atoms with Gasteiger partial charge in [0.05, 0.1) is 0 Å². The van der Waals surface area contributed by atoms with Gasteiger partial charge in [0.25, 0.3) is 0 Å². The maximum absolute atomic E-state index is 2.56. The molecular weight excluding hydrogens is 160 g/mol. The van der Waals surface area contributed by atoms with Crippen molar-refractivity contribution in [3.05, 3.63) is 0 Å². The fraction of sp³-hybridized carbons (Fsp3) is 1.00. The van der Waals surface area contributed by atoms with E-state index < -0.39 is 0 Å². The Bertz CT molecular complexity index is 240. The van der Waals surface area contributed by atoms with Gasteiger partial charge in [-0.25, -0.2) is 0 Å². The molecule has 2 heterocycles. The summed E-state index contributed by atoms with van der Waals surface area (Å²) in [5.41, 5.74) is 1.45. The maximum Gasteiger partial charge on any atom is 0.00533 e. The molecule has 13 heavy (non-hydrogen) atoms. The summed E-state index contributed by atoms with van der Waals surface area (Å²) >= 11 is 0. The summed E-state index contributed by atoms with van der Waals surface area (Å²) in [5.74, 6) is 0. The van der Waals surface area contributed by atoms with Gasteiger partial charge in [-0.15, -0.1) is 0 Å². The fourth-order valence-electron chi connectivity index (χ4n) is 4.18. The molecule has 2 aliphatic heterocycles. The Balaban J connectivity index is 1.92. The van der Waals surface area contributed by atoms with Crippen LogP contribution in [-0.2, 0) is 0 Å². The average molecular weight is 180 g/mol. The number of rotatable bonds is 0. The van der Waals surface area contributed by atoms with E-state index in [1.165, 1.54) is 45.4 Å². The molecule has 0 radical (unpaired) electrons. The zero-order chi connectivity index (χ0) is 9.10. The number of hydrogen-bond acceptors (Lipinski definition) is 2. The molecule has 74 valence electrons. The molecule has 0 amide bonds. The van der Waals surface area contributed by atoms with Gasteiger partial charge in [0, 0.05) is 25.0 Å². The van der Waals surface area contributed by atoms with Gasteiger partial charge in [-0.1, -0.05) is 0 Å². The second-order valence-corrected chi connectivity index (χ2v) is 5.72. The van der Waals surface area contributed by atoms with Gasteiger partial charge in [0.1, 0.15) is 0 Å². The third-order valence-electron chi connectivity index (χ3n) is 4.90. The van der Waals surface area contributed by atoms with Crippen molar-refractivity contribution in [2.24, 2.45) is 10.8 Å². The number of hydrogen-bond donors (Lipinski definition) is 0. The Morgan fingerprint density at radius 3 is 2.08 bits per heavy atom. The van der Waals surface area contributed by atoms with E-state index in [1.54, 1.807) is 0 Å². The molecule has 2 nitrogen and oxygen atoms in total.